The zero-order chi connectivity index (χ0) is 16.7. The topological polar surface area (TPSA) is 59.6 Å². The van der Waals surface area contributed by atoms with Gasteiger partial charge in [0.2, 0.25) is 5.75 Å². The molecule has 3 rings (SSSR count). The Morgan fingerprint density at radius 3 is 2.44 bits per heavy atom. The Balaban J connectivity index is 0.000000429. The van der Waals surface area contributed by atoms with Crippen molar-refractivity contribution in [3.8, 4) is 11.5 Å². The number of nitrogens with two attached hydrogens (primary N) is 1. The fraction of sp³-hybridized carbons (Fsp3) is 0.0556. The summed E-state index contributed by atoms with van der Waals surface area (Å²) < 4.78 is 7.81. The van der Waals surface area contributed by atoms with Gasteiger partial charge in [0.25, 0.3) is 5.52 Å². The predicted molar refractivity (Wildman–Crippen MR) is 106 cm³/mol. The summed E-state index contributed by atoms with van der Waals surface area (Å²) in [6.07, 6.45) is 5.48. The van der Waals surface area contributed by atoms with Crippen molar-refractivity contribution in [3.63, 3.8) is 0 Å². The van der Waals surface area contributed by atoms with Crippen LogP contribution < -0.4 is 31.9 Å². The van der Waals surface area contributed by atoms with Crippen molar-refractivity contribution in [3.05, 3.63) is 78.1 Å². The number of nitrogen functional groups attached to an aromatic ring is 1. The molecule has 134 valence electrons. The van der Waals surface area contributed by atoms with E-state index in [4.69, 9.17) is 10.5 Å². The van der Waals surface area contributed by atoms with E-state index in [0.29, 0.717) is 11.1 Å². The number of ether oxygens (including phenoxy) is 1. The van der Waals surface area contributed by atoms with Crippen LogP contribution in [0.2, 0.25) is 0 Å². The molecule has 0 unspecified atom stereocenters. The van der Waals surface area contributed by atoms with Crippen LogP contribution in [0.5, 0.6) is 11.5 Å². The Morgan fingerprint density at radius 2 is 1.80 bits per heavy atom. The van der Waals surface area contributed by atoms with Crippen LogP contribution in [-0.4, -0.2) is 11.7 Å². The Bertz CT molecular complexity index is 796. The lowest BCUT2D eigenvalue weighted by Gasteiger charge is -2.01. The van der Waals surface area contributed by atoms with Crippen LogP contribution in [0.1, 0.15) is 0 Å². The first-order valence-corrected chi connectivity index (χ1v) is 7.78. The maximum Gasteiger partial charge on any atom is 0.253 e. The smallest absolute Gasteiger partial charge is 0.253 e. The second kappa shape index (κ2) is 11.9. The minimum absolute atomic E-state index is 0. The summed E-state index contributed by atoms with van der Waals surface area (Å²) in [5.41, 5.74) is 7.02. The van der Waals surface area contributed by atoms with Crippen molar-refractivity contribution < 1.29 is 31.2 Å². The van der Waals surface area contributed by atoms with Crippen LogP contribution in [0.4, 0.5) is 5.69 Å². The van der Waals surface area contributed by atoms with Crippen molar-refractivity contribution in [2.75, 3.05) is 12.3 Å². The van der Waals surface area contributed by atoms with Crippen LogP contribution in [-0.2, 0) is 0 Å². The van der Waals surface area contributed by atoms with E-state index in [-0.39, 0.29) is 39.7 Å². The third-order valence-corrected chi connectivity index (χ3v) is 3.63. The number of fused-ring (bicyclic) bond motifs is 1. The highest BCUT2D eigenvalue weighted by molar-refractivity contribution is 9.10. The molecule has 0 saturated heterocycles. The monoisotopic (exact) mass is 532 g/mol. The van der Waals surface area contributed by atoms with Gasteiger partial charge >= 0.3 is 0 Å². The van der Waals surface area contributed by atoms with Crippen LogP contribution in [0, 0.1) is 0 Å². The molecular weight excluding hydrogens is 516 g/mol. The number of pyridine rings is 2. The molecule has 0 atom stereocenters. The molecule has 3 aromatic rings. The molecule has 0 aliphatic heterocycles. The number of nitrogens with zero attached hydrogens (tertiary/aromatic N) is 1. The van der Waals surface area contributed by atoms with Gasteiger partial charge in [0, 0.05) is 23.9 Å². The van der Waals surface area contributed by atoms with E-state index in [1.54, 1.807) is 18.2 Å². The standard InChI is InChI=1S/C9H6BrNO.C9H11NO.2BrH/c10-7-4-6-11-5-2-1-3-8(11)9(7)12;1-2-7-11-9-5-3-8(10)4-6-9;;/h1-6H;2-6H,1,7,10H2;2*1H. The number of aromatic hydroxyl groups is 1. The Hall–Kier alpha value is -1.57. The van der Waals surface area contributed by atoms with E-state index in [2.05, 4.69) is 22.5 Å². The minimum atomic E-state index is 0. The molecule has 0 aliphatic rings. The molecule has 0 aliphatic carbocycles. The summed E-state index contributed by atoms with van der Waals surface area (Å²) in [7, 11) is 0. The van der Waals surface area contributed by atoms with Gasteiger partial charge in [-0.3, -0.25) is 0 Å². The van der Waals surface area contributed by atoms with Gasteiger partial charge in [-0.2, -0.15) is 4.40 Å². The highest BCUT2D eigenvalue weighted by Crippen LogP contribution is 2.24. The maximum absolute atomic E-state index is 9.59. The lowest BCUT2D eigenvalue weighted by Crippen LogP contribution is -3.00. The average Bonchev–Trinajstić information content (AvgIpc) is 2.59. The van der Waals surface area contributed by atoms with Gasteiger partial charge in [0.05, 0.1) is 4.47 Å². The summed E-state index contributed by atoms with van der Waals surface area (Å²) in [5.74, 6) is 1.09. The van der Waals surface area contributed by atoms with Crippen LogP contribution >= 0.6 is 32.9 Å². The summed E-state index contributed by atoms with van der Waals surface area (Å²) in [6, 6.07) is 14.7. The SMILES string of the molecule is Br.C=CCOc1ccc(N)cc1.Oc1c(Br)cc[n+]2ccccc12.[Br-]. The summed E-state index contributed by atoms with van der Waals surface area (Å²) in [6.45, 7) is 4.08. The maximum atomic E-state index is 9.59. The molecule has 0 saturated carbocycles. The number of rotatable bonds is 3. The average molecular weight is 535 g/mol. The van der Waals surface area contributed by atoms with Crippen molar-refractivity contribution in [1.82, 2.24) is 0 Å². The second-order valence-corrected chi connectivity index (χ2v) is 5.53. The molecule has 7 heteroatoms. The number of aromatic nitrogens is 1. The van der Waals surface area contributed by atoms with Crippen molar-refractivity contribution in [2.45, 2.75) is 0 Å². The van der Waals surface area contributed by atoms with E-state index in [1.165, 1.54) is 0 Å². The van der Waals surface area contributed by atoms with Crippen molar-refractivity contribution in [2.24, 2.45) is 0 Å². The lowest BCUT2D eigenvalue weighted by atomic mass is 10.3. The molecule has 4 nitrogen and oxygen atoms in total. The normalized spacial score (nSPS) is 9.00. The molecular formula is C18H19Br3N2O2. The fourth-order valence-corrected chi connectivity index (χ4v) is 2.17. The second-order valence-electron chi connectivity index (χ2n) is 4.67. The Labute approximate surface area is 176 Å². The summed E-state index contributed by atoms with van der Waals surface area (Å²) >= 11 is 3.25. The summed E-state index contributed by atoms with van der Waals surface area (Å²) in [5, 5.41) is 9.59. The highest BCUT2D eigenvalue weighted by atomic mass is 79.9. The largest absolute Gasteiger partial charge is 1.00 e. The minimum Gasteiger partial charge on any atom is -1.00 e. The summed E-state index contributed by atoms with van der Waals surface area (Å²) in [4.78, 5) is 0. The molecule has 25 heavy (non-hydrogen) atoms. The van der Waals surface area contributed by atoms with Gasteiger partial charge in [0.15, 0.2) is 12.4 Å². The number of anilines is 1. The van der Waals surface area contributed by atoms with Crippen molar-refractivity contribution in [1.29, 1.82) is 0 Å². The molecule has 0 bridgehead atoms. The molecule has 2 aromatic heterocycles. The number of benzene rings is 1. The van der Waals surface area contributed by atoms with Gasteiger partial charge in [-0.25, -0.2) is 0 Å². The quantitative estimate of drug-likeness (QED) is 0.303. The van der Waals surface area contributed by atoms with Crippen LogP contribution in [0.25, 0.3) is 5.52 Å². The molecule has 1 aromatic carbocycles. The number of halogens is 3. The van der Waals surface area contributed by atoms with Crippen LogP contribution in [0.3, 0.4) is 0 Å². The number of hydrogen-bond acceptors (Lipinski definition) is 3. The van der Waals surface area contributed by atoms with E-state index < -0.39 is 0 Å². The molecule has 3 N–H and O–H groups in total. The van der Waals surface area contributed by atoms with Gasteiger partial charge in [-0.15, -0.1) is 17.0 Å². The molecule has 0 amide bonds. The van der Waals surface area contributed by atoms with Crippen molar-refractivity contribution >= 4 is 44.1 Å². The first-order valence-electron chi connectivity index (χ1n) is 6.98. The third-order valence-electron chi connectivity index (χ3n) is 2.99. The molecule has 0 radical (unpaired) electrons. The molecule has 0 spiro atoms. The fourth-order valence-electron chi connectivity index (χ4n) is 1.85. The first-order chi connectivity index (χ1) is 11.1. The van der Waals surface area contributed by atoms with Gasteiger partial charge in [-0.1, -0.05) is 12.7 Å². The molecule has 2 heterocycles. The Kier molecular flexibility index (Phi) is 11.1. The van der Waals surface area contributed by atoms with Gasteiger partial charge in [-0.05, 0) is 46.3 Å². The van der Waals surface area contributed by atoms with Gasteiger partial charge < -0.3 is 32.6 Å². The number of hydrogen-bond donors (Lipinski definition) is 2. The van der Waals surface area contributed by atoms with E-state index in [9.17, 15) is 5.11 Å². The third kappa shape index (κ3) is 7.05. The predicted octanol–water partition coefficient (Wildman–Crippen LogP) is 1.31. The first kappa shape index (κ1) is 23.4. The van der Waals surface area contributed by atoms with E-state index >= 15 is 0 Å². The van der Waals surface area contributed by atoms with E-state index in [0.717, 1.165) is 17.0 Å². The highest BCUT2D eigenvalue weighted by Gasteiger charge is 2.09. The van der Waals surface area contributed by atoms with Gasteiger partial charge in [0.1, 0.15) is 12.4 Å². The zero-order valence-electron chi connectivity index (χ0n) is 13.3. The Morgan fingerprint density at radius 1 is 1.12 bits per heavy atom. The van der Waals surface area contributed by atoms with E-state index in [1.807, 2.05) is 53.2 Å². The van der Waals surface area contributed by atoms with Crippen LogP contribution in [0.15, 0.2) is 78.1 Å². The lowest BCUT2D eigenvalue weighted by molar-refractivity contribution is -0.512. The molecule has 0 fully saturated rings. The zero-order valence-corrected chi connectivity index (χ0v) is 18.2.